The standard InChI is InChI=1S/C16H22O3/c1-12-5-6-14(13(2)11-12)19-10-9-16(15(17)18)7-3-4-8-16/h5-6,11H,3-4,7-10H2,1-2H3,(H,17,18). The fraction of sp³-hybridized carbons (Fsp3) is 0.562. The molecule has 0 aliphatic heterocycles. The van der Waals surface area contributed by atoms with Crippen LogP contribution in [0.2, 0.25) is 0 Å². The van der Waals surface area contributed by atoms with Crippen molar-refractivity contribution < 1.29 is 14.6 Å². The van der Waals surface area contributed by atoms with Crippen LogP contribution in [0, 0.1) is 19.3 Å². The fourth-order valence-corrected chi connectivity index (χ4v) is 2.94. The second-order valence-electron chi connectivity index (χ2n) is 5.66. The number of carboxylic acid groups (broad SMARTS) is 1. The monoisotopic (exact) mass is 262 g/mol. The summed E-state index contributed by atoms with van der Waals surface area (Å²) in [6.07, 6.45) is 4.23. The predicted molar refractivity (Wildman–Crippen MR) is 74.6 cm³/mol. The van der Waals surface area contributed by atoms with Gasteiger partial charge in [-0.05, 0) is 44.7 Å². The van der Waals surface area contributed by atoms with Crippen molar-refractivity contribution in [2.45, 2.75) is 46.0 Å². The minimum atomic E-state index is -0.658. The molecule has 3 heteroatoms. The van der Waals surface area contributed by atoms with Gasteiger partial charge in [0, 0.05) is 0 Å². The van der Waals surface area contributed by atoms with Crippen molar-refractivity contribution in [2.24, 2.45) is 5.41 Å². The van der Waals surface area contributed by atoms with E-state index in [1.54, 1.807) is 0 Å². The van der Waals surface area contributed by atoms with Gasteiger partial charge in [0.15, 0.2) is 0 Å². The van der Waals surface area contributed by atoms with Gasteiger partial charge in [0.05, 0.1) is 12.0 Å². The summed E-state index contributed by atoms with van der Waals surface area (Å²) in [4.78, 5) is 11.4. The third-order valence-corrected chi connectivity index (χ3v) is 4.18. The van der Waals surface area contributed by atoms with E-state index in [1.807, 2.05) is 19.1 Å². The van der Waals surface area contributed by atoms with Crippen LogP contribution in [-0.4, -0.2) is 17.7 Å². The molecule has 0 bridgehead atoms. The van der Waals surface area contributed by atoms with Crippen LogP contribution in [0.5, 0.6) is 5.75 Å². The maximum absolute atomic E-state index is 11.4. The smallest absolute Gasteiger partial charge is 0.309 e. The summed E-state index contributed by atoms with van der Waals surface area (Å²) >= 11 is 0. The van der Waals surface area contributed by atoms with Crippen molar-refractivity contribution in [3.8, 4) is 5.75 Å². The van der Waals surface area contributed by atoms with Crippen LogP contribution in [0.3, 0.4) is 0 Å². The first kappa shape index (κ1) is 13.9. The Morgan fingerprint density at radius 3 is 2.58 bits per heavy atom. The van der Waals surface area contributed by atoms with E-state index in [0.717, 1.165) is 37.0 Å². The topological polar surface area (TPSA) is 46.5 Å². The minimum absolute atomic E-state index is 0.482. The van der Waals surface area contributed by atoms with Gasteiger partial charge in [-0.2, -0.15) is 0 Å². The first-order chi connectivity index (χ1) is 9.03. The summed E-state index contributed by atoms with van der Waals surface area (Å²) < 4.78 is 5.77. The van der Waals surface area contributed by atoms with E-state index in [9.17, 15) is 9.90 Å². The van der Waals surface area contributed by atoms with E-state index in [0.29, 0.717) is 13.0 Å². The quantitative estimate of drug-likeness (QED) is 0.879. The van der Waals surface area contributed by atoms with E-state index in [-0.39, 0.29) is 0 Å². The Kier molecular flexibility index (Phi) is 4.13. The first-order valence-electron chi connectivity index (χ1n) is 6.97. The summed E-state index contributed by atoms with van der Waals surface area (Å²) in [6.45, 7) is 4.55. The molecule has 0 spiro atoms. The summed E-state index contributed by atoms with van der Waals surface area (Å²) in [6, 6.07) is 6.06. The van der Waals surface area contributed by atoms with Crippen LogP contribution in [-0.2, 0) is 4.79 Å². The van der Waals surface area contributed by atoms with Crippen molar-refractivity contribution in [1.82, 2.24) is 0 Å². The lowest BCUT2D eigenvalue weighted by atomic mass is 9.83. The number of aliphatic carboxylic acids is 1. The SMILES string of the molecule is Cc1ccc(OCCC2(C(=O)O)CCCC2)c(C)c1. The van der Waals surface area contributed by atoms with E-state index >= 15 is 0 Å². The van der Waals surface area contributed by atoms with Crippen LogP contribution in [0.4, 0.5) is 0 Å². The third kappa shape index (κ3) is 3.09. The van der Waals surface area contributed by atoms with Gasteiger partial charge in [0.25, 0.3) is 0 Å². The van der Waals surface area contributed by atoms with Crippen LogP contribution < -0.4 is 4.74 Å². The summed E-state index contributed by atoms with van der Waals surface area (Å²) in [5.41, 5.74) is 1.77. The Labute approximate surface area is 114 Å². The molecule has 0 heterocycles. The van der Waals surface area contributed by atoms with Crippen molar-refractivity contribution in [3.63, 3.8) is 0 Å². The molecule has 1 aliphatic rings. The number of benzene rings is 1. The second-order valence-corrected chi connectivity index (χ2v) is 5.66. The number of hydrogen-bond donors (Lipinski definition) is 1. The van der Waals surface area contributed by atoms with Crippen LogP contribution in [0.1, 0.15) is 43.2 Å². The molecule has 2 rings (SSSR count). The highest BCUT2D eigenvalue weighted by molar-refractivity contribution is 5.74. The van der Waals surface area contributed by atoms with E-state index < -0.39 is 11.4 Å². The van der Waals surface area contributed by atoms with Gasteiger partial charge in [-0.3, -0.25) is 4.79 Å². The molecular weight excluding hydrogens is 240 g/mol. The number of hydrogen-bond acceptors (Lipinski definition) is 2. The van der Waals surface area contributed by atoms with E-state index in [2.05, 4.69) is 13.0 Å². The van der Waals surface area contributed by atoms with E-state index in [1.165, 1.54) is 5.56 Å². The second kappa shape index (κ2) is 5.64. The number of carboxylic acids is 1. The first-order valence-corrected chi connectivity index (χ1v) is 6.97. The normalized spacial score (nSPS) is 17.4. The average molecular weight is 262 g/mol. The molecule has 1 aliphatic carbocycles. The van der Waals surface area contributed by atoms with Gasteiger partial charge in [0.1, 0.15) is 5.75 Å². The average Bonchev–Trinajstić information content (AvgIpc) is 2.82. The highest BCUT2D eigenvalue weighted by Crippen LogP contribution is 2.41. The lowest BCUT2D eigenvalue weighted by Crippen LogP contribution is -2.29. The zero-order valence-electron chi connectivity index (χ0n) is 11.7. The zero-order valence-corrected chi connectivity index (χ0v) is 11.7. The molecule has 1 N–H and O–H groups in total. The molecule has 0 atom stereocenters. The molecule has 1 aromatic rings. The van der Waals surface area contributed by atoms with Crippen LogP contribution >= 0.6 is 0 Å². The maximum atomic E-state index is 11.4. The highest BCUT2D eigenvalue weighted by Gasteiger charge is 2.40. The maximum Gasteiger partial charge on any atom is 0.309 e. The molecule has 0 saturated heterocycles. The molecule has 0 unspecified atom stereocenters. The van der Waals surface area contributed by atoms with Gasteiger partial charge >= 0.3 is 5.97 Å². The highest BCUT2D eigenvalue weighted by atomic mass is 16.5. The van der Waals surface area contributed by atoms with Gasteiger partial charge in [-0.25, -0.2) is 0 Å². The number of carbonyl (C=O) groups is 1. The molecular formula is C16H22O3. The molecule has 1 fully saturated rings. The summed E-state index contributed by atoms with van der Waals surface area (Å²) in [7, 11) is 0. The Balaban J connectivity index is 1.94. The van der Waals surface area contributed by atoms with Crippen molar-refractivity contribution in [1.29, 1.82) is 0 Å². The lowest BCUT2D eigenvalue weighted by Gasteiger charge is -2.23. The van der Waals surface area contributed by atoms with Crippen LogP contribution in [0.15, 0.2) is 18.2 Å². The van der Waals surface area contributed by atoms with Crippen LogP contribution in [0.25, 0.3) is 0 Å². The Morgan fingerprint density at radius 1 is 1.32 bits per heavy atom. The van der Waals surface area contributed by atoms with Crippen molar-refractivity contribution in [3.05, 3.63) is 29.3 Å². The number of aryl methyl sites for hydroxylation is 2. The van der Waals surface area contributed by atoms with Crippen molar-refractivity contribution >= 4 is 5.97 Å². The molecule has 1 aromatic carbocycles. The molecule has 19 heavy (non-hydrogen) atoms. The molecule has 0 amide bonds. The van der Waals surface area contributed by atoms with E-state index in [4.69, 9.17) is 4.74 Å². The van der Waals surface area contributed by atoms with Gasteiger partial charge < -0.3 is 9.84 Å². The molecule has 0 aromatic heterocycles. The number of rotatable bonds is 5. The number of ether oxygens (including phenoxy) is 1. The zero-order chi connectivity index (χ0) is 13.9. The van der Waals surface area contributed by atoms with Gasteiger partial charge in [-0.15, -0.1) is 0 Å². The molecule has 1 saturated carbocycles. The van der Waals surface area contributed by atoms with Crippen molar-refractivity contribution in [2.75, 3.05) is 6.61 Å². The molecule has 3 nitrogen and oxygen atoms in total. The minimum Gasteiger partial charge on any atom is -0.493 e. The summed E-state index contributed by atoms with van der Waals surface area (Å²) in [5.74, 6) is 0.207. The Morgan fingerprint density at radius 2 is 2.00 bits per heavy atom. The molecule has 104 valence electrons. The predicted octanol–water partition coefficient (Wildman–Crippen LogP) is 3.72. The lowest BCUT2D eigenvalue weighted by molar-refractivity contribution is -0.149. The van der Waals surface area contributed by atoms with Gasteiger partial charge in [-0.1, -0.05) is 30.5 Å². The molecule has 0 radical (unpaired) electrons. The summed E-state index contributed by atoms with van der Waals surface area (Å²) in [5, 5.41) is 9.40. The van der Waals surface area contributed by atoms with Gasteiger partial charge in [0.2, 0.25) is 0 Å². The Hall–Kier alpha value is -1.51. The Bertz CT molecular complexity index is 459. The largest absolute Gasteiger partial charge is 0.493 e. The fourth-order valence-electron chi connectivity index (χ4n) is 2.94. The third-order valence-electron chi connectivity index (χ3n) is 4.18.